The molecule has 1 atom stereocenters. The summed E-state index contributed by atoms with van der Waals surface area (Å²) in [5, 5.41) is 9.07. The number of aliphatic carboxylic acids is 1. The summed E-state index contributed by atoms with van der Waals surface area (Å²) >= 11 is 0. The van der Waals surface area contributed by atoms with Crippen molar-refractivity contribution in [2.24, 2.45) is 0 Å². The molecule has 0 aromatic heterocycles. The van der Waals surface area contributed by atoms with Crippen molar-refractivity contribution in [3.8, 4) is 5.75 Å². The third-order valence-electron chi connectivity index (χ3n) is 3.77. The second-order valence-corrected chi connectivity index (χ2v) is 5.60. The minimum atomic E-state index is -0.942. The molecule has 114 valence electrons. The molecule has 0 saturated carbocycles. The summed E-state index contributed by atoms with van der Waals surface area (Å²) in [7, 11) is 0. The van der Waals surface area contributed by atoms with Crippen LogP contribution in [0.15, 0.2) is 24.3 Å². The maximum Gasteiger partial charge on any atom is 0.326 e. The number of likely N-dealkylation sites (tertiary alicyclic amines) is 1. The van der Waals surface area contributed by atoms with E-state index in [1.54, 1.807) is 0 Å². The van der Waals surface area contributed by atoms with Crippen LogP contribution in [-0.4, -0.2) is 41.1 Å². The van der Waals surface area contributed by atoms with Gasteiger partial charge in [0.25, 0.3) is 5.91 Å². The van der Waals surface area contributed by atoms with E-state index in [4.69, 9.17) is 9.84 Å². The quantitative estimate of drug-likeness (QED) is 0.903. The largest absolute Gasteiger partial charge is 0.484 e. The molecule has 21 heavy (non-hydrogen) atoms. The van der Waals surface area contributed by atoms with E-state index in [0.29, 0.717) is 24.6 Å². The van der Waals surface area contributed by atoms with E-state index < -0.39 is 12.0 Å². The number of nitrogens with zero attached hydrogens (tertiary/aromatic N) is 1. The highest BCUT2D eigenvalue weighted by Crippen LogP contribution is 2.20. The van der Waals surface area contributed by atoms with Gasteiger partial charge in [-0.15, -0.1) is 0 Å². The number of carbonyl (C=O) groups excluding carboxylic acids is 1. The molecule has 5 heteroatoms. The van der Waals surface area contributed by atoms with Gasteiger partial charge < -0.3 is 14.7 Å². The van der Waals surface area contributed by atoms with Crippen LogP contribution in [0, 0.1) is 0 Å². The number of benzene rings is 1. The molecule has 2 rings (SSSR count). The van der Waals surface area contributed by atoms with E-state index in [-0.39, 0.29) is 12.5 Å². The van der Waals surface area contributed by atoms with Gasteiger partial charge >= 0.3 is 5.97 Å². The lowest BCUT2D eigenvalue weighted by Gasteiger charge is -2.21. The Balaban J connectivity index is 1.90. The third kappa shape index (κ3) is 3.74. The molecular formula is C16H21NO4. The molecule has 1 aliphatic rings. The van der Waals surface area contributed by atoms with Gasteiger partial charge in [0.05, 0.1) is 0 Å². The summed E-state index contributed by atoms with van der Waals surface area (Å²) in [5.74, 6) is -0.143. The minimum absolute atomic E-state index is 0.120. The Kier molecular flexibility index (Phi) is 4.83. The zero-order valence-corrected chi connectivity index (χ0v) is 12.4. The molecule has 0 bridgehead atoms. The second-order valence-electron chi connectivity index (χ2n) is 5.60. The van der Waals surface area contributed by atoms with E-state index in [1.165, 1.54) is 10.5 Å². The fourth-order valence-corrected chi connectivity index (χ4v) is 2.50. The van der Waals surface area contributed by atoms with Crippen LogP contribution in [0.2, 0.25) is 0 Å². The highest BCUT2D eigenvalue weighted by Gasteiger charge is 2.33. The van der Waals surface area contributed by atoms with Crippen molar-refractivity contribution in [3.63, 3.8) is 0 Å². The van der Waals surface area contributed by atoms with E-state index >= 15 is 0 Å². The molecule has 0 aliphatic carbocycles. The lowest BCUT2D eigenvalue weighted by Crippen LogP contribution is -2.42. The molecule has 1 heterocycles. The molecule has 1 aliphatic heterocycles. The SMILES string of the molecule is CC(C)c1ccc(OCC(=O)N2CCCC2C(=O)O)cc1. The molecule has 1 fully saturated rings. The Morgan fingerprint density at radius 3 is 2.57 bits per heavy atom. The van der Waals surface area contributed by atoms with Gasteiger partial charge in [0.15, 0.2) is 6.61 Å². The minimum Gasteiger partial charge on any atom is -0.484 e. The van der Waals surface area contributed by atoms with Crippen LogP contribution in [0.3, 0.4) is 0 Å². The molecule has 1 aromatic rings. The third-order valence-corrected chi connectivity index (χ3v) is 3.77. The number of hydrogen-bond acceptors (Lipinski definition) is 3. The lowest BCUT2D eigenvalue weighted by molar-refractivity contribution is -0.148. The van der Waals surface area contributed by atoms with Gasteiger partial charge in [-0.05, 0) is 36.5 Å². The topological polar surface area (TPSA) is 66.8 Å². The Bertz CT molecular complexity index is 510. The first-order chi connectivity index (χ1) is 9.99. The zero-order chi connectivity index (χ0) is 15.4. The maximum absolute atomic E-state index is 12.0. The summed E-state index contributed by atoms with van der Waals surface area (Å²) in [5.41, 5.74) is 1.21. The monoisotopic (exact) mass is 291 g/mol. The first-order valence-corrected chi connectivity index (χ1v) is 7.24. The van der Waals surface area contributed by atoms with Crippen molar-refractivity contribution < 1.29 is 19.4 Å². The molecule has 0 radical (unpaired) electrons. The van der Waals surface area contributed by atoms with Gasteiger partial charge in [-0.2, -0.15) is 0 Å². The van der Waals surface area contributed by atoms with Crippen molar-refractivity contribution in [2.75, 3.05) is 13.2 Å². The van der Waals surface area contributed by atoms with Gasteiger partial charge in [0.2, 0.25) is 0 Å². The first-order valence-electron chi connectivity index (χ1n) is 7.24. The molecule has 0 spiro atoms. The van der Waals surface area contributed by atoms with E-state index in [0.717, 1.165) is 6.42 Å². The number of ether oxygens (including phenoxy) is 1. The number of amides is 1. The predicted octanol–water partition coefficient (Wildman–Crippen LogP) is 2.26. The van der Waals surface area contributed by atoms with Crippen molar-refractivity contribution in [1.29, 1.82) is 0 Å². The van der Waals surface area contributed by atoms with Gasteiger partial charge in [0, 0.05) is 6.54 Å². The number of rotatable bonds is 5. The fraction of sp³-hybridized carbons (Fsp3) is 0.500. The molecule has 1 unspecified atom stereocenters. The van der Waals surface area contributed by atoms with Crippen LogP contribution >= 0.6 is 0 Å². The highest BCUT2D eigenvalue weighted by atomic mass is 16.5. The van der Waals surface area contributed by atoms with Gasteiger partial charge in [0.1, 0.15) is 11.8 Å². The predicted molar refractivity (Wildman–Crippen MR) is 78.4 cm³/mol. The van der Waals surface area contributed by atoms with Crippen LogP contribution in [0.5, 0.6) is 5.75 Å². The van der Waals surface area contributed by atoms with Crippen molar-refractivity contribution in [1.82, 2.24) is 4.90 Å². The zero-order valence-electron chi connectivity index (χ0n) is 12.4. The molecule has 5 nitrogen and oxygen atoms in total. The Hall–Kier alpha value is -2.04. The Morgan fingerprint density at radius 2 is 2.00 bits per heavy atom. The fourth-order valence-electron chi connectivity index (χ4n) is 2.50. The van der Waals surface area contributed by atoms with Gasteiger partial charge in [-0.1, -0.05) is 26.0 Å². The molecule has 1 amide bonds. The van der Waals surface area contributed by atoms with Gasteiger partial charge in [-0.25, -0.2) is 4.79 Å². The van der Waals surface area contributed by atoms with E-state index in [1.807, 2.05) is 24.3 Å². The van der Waals surface area contributed by atoms with Crippen molar-refractivity contribution >= 4 is 11.9 Å². The van der Waals surface area contributed by atoms with Gasteiger partial charge in [-0.3, -0.25) is 4.79 Å². The standard InChI is InChI=1S/C16H21NO4/c1-11(2)12-5-7-13(8-6-12)21-10-15(18)17-9-3-4-14(17)16(19)20/h5-8,11,14H,3-4,9-10H2,1-2H3,(H,19,20). The van der Waals surface area contributed by atoms with Crippen molar-refractivity contribution in [2.45, 2.75) is 38.6 Å². The maximum atomic E-state index is 12.0. The summed E-state index contributed by atoms with van der Waals surface area (Å²) in [4.78, 5) is 24.5. The number of carboxylic acid groups (broad SMARTS) is 1. The number of carbonyl (C=O) groups is 2. The van der Waals surface area contributed by atoms with Crippen LogP contribution < -0.4 is 4.74 Å². The summed E-state index contributed by atoms with van der Waals surface area (Å²) < 4.78 is 5.46. The Labute approximate surface area is 124 Å². The summed E-state index contributed by atoms with van der Waals surface area (Å²) in [6, 6.07) is 6.91. The Morgan fingerprint density at radius 1 is 1.33 bits per heavy atom. The van der Waals surface area contributed by atoms with Crippen LogP contribution in [0.1, 0.15) is 38.2 Å². The number of carboxylic acids is 1. The summed E-state index contributed by atoms with van der Waals surface area (Å²) in [6.45, 7) is 4.59. The van der Waals surface area contributed by atoms with E-state index in [9.17, 15) is 9.59 Å². The number of hydrogen-bond donors (Lipinski definition) is 1. The molecule has 1 aromatic carbocycles. The average Bonchev–Trinajstić information content (AvgIpc) is 2.95. The molecular weight excluding hydrogens is 270 g/mol. The van der Waals surface area contributed by atoms with Crippen LogP contribution in [0.4, 0.5) is 0 Å². The van der Waals surface area contributed by atoms with Crippen molar-refractivity contribution in [3.05, 3.63) is 29.8 Å². The molecule has 1 saturated heterocycles. The molecule has 1 N–H and O–H groups in total. The van der Waals surface area contributed by atoms with E-state index in [2.05, 4.69) is 13.8 Å². The first kappa shape index (κ1) is 15.4. The lowest BCUT2D eigenvalue weighted by atomic mass is 10.0. The normalized spacial score (nSPS) is 18.0. The average molecular weight is 291 g/mol. The summed E-state index contributed by atoms with van der Waals surface area (Å²) in [6.07, 6.45) is 1.25. The highest BCUT2D eigenvalue weighted by molar-refractivity contribution is 5.85. The smallest absolute Gasteiger partial charge is 0.326 e. The van der Waals surface area contributed by atoms with Crippen LogP contribution in [-0.2, 0) is 9.59 Å². The second kappa shape index (κ2) is 6.61. The van der Waals surface area contributed by atoms with Crippen LogP contribution in [0.25, 0.3) is 0 Å².